The summed E-state index contributed by atoms with van der Waals surface area (Å²) in [5, 5.41) is 0. The van der Waals surface area contributed by atoms with Crippen molar-refractivity contribution in [2.24, 2.45) is 0 Å². The van der Waals surface area contributed by atoms with E-state index in [2.05, 4.69) is 0 Å². The Morgan fingerprint density at radius 2 is 1.80 bits per heavy atom. The molecule has 0 saturated carbocycles. The van der Waals surface area contributed by atoms with Gasteiger partial charge in [0.05, 0.1) is 18.9 Å². The van der Waals surface area contributed by atoms with Crippen LogP contribution in [0.2, 0.25) is 19.6 Å². The van der Waals surface area contributed by atoms with Crippen molar-refractivity contribution in [1.29, 1.82) is 0 Å². The molecule has 1 heterocycles. The van der Waals surface area contributed by atoms with E-state index in [1.807, 2.05) is 25.7 Å². The van der Waals surface area contributed by atoms with Gasteiger partial charge in [-0.2, -0.15) is 0 Å². The van der Waals surface area contributed by atoms with Gasteiger partial charge in [-0.1, -0.05) is 18.2 Å². The maximum atomic E-state index is 12.1. The number of hydrogen-bond donors (Lipinski definition) is 0. The lowest BCUT2D eigenvalue weighted by Crippen LogP contribution is -2.24. The minimum atomic E-state index is -1.93. The van der Waals surface area contributed by atoms with E-state index in [1.165, 1.54) is 13.4 Å². The predicted molar refractivity (Wildman–Crippen MR) is 98.1 cm³/mol. The molecule has 0 saturated heterocycles. The van der Waals surface area contributed by atoms with Crippen LogP contribution in [0.5, 0.6) is 0 Å². The van der Waals surface area contributed by atoms with Gasteiger partial charge in [-0.05, 0) is 43.9 Å². The molecule has 0 aliphatic carbocycles. The van der Waals surface area contributed by atoms with Crippen molar-refractivity contribution in [2.45, 2.75) is 19.6 Å². The molecule has 132 valence electrons. The molecule has 6 heteroatoms. The van der Waals surface area contributed by atoms with Crippen LogP contribution in [0.4, 0.5) is 0 Å². The minimum Gasteiger partial charge on any atom is -0.542 e. The number of esters is 1. The third-order valence-corrected chi connectivity index (χ3v) is 3.82. The second-order valence-corrected chi connectivity index (χ2v) is 10.6. The van der Waals surface area contributed by atoms with Gasteiger partial charge in [-0.3, -0.25) is 0 Å². The quantitative estimate of drug-likeness (QED) is 0.307. The van der Waals surface area contributed by atoms with Gasteiger partial charge in [0.2, 0.25) is 8.32 Å². The van der Waals surface area contributed by atoms with Gasteiger partial charge in [-0.15, -0.1) is 0 Å². The number of benzene rings is 1. The molecule has 0 aliphatic heterocycles. The number of rotatable bonds is 7. The van der Waals surface area contributed by atoms with E-state index in [4.69, 9.17) is 18.3 Å². The summed E-state index contributed by atoms with van der Waals surface area (Å²) in [5.41, 5.74) is 0.466. The fourth-order valence-corrected chi connectivity index (χ4v) is 2.79. The molecule has 0 N–H and O–H groups in total. The van der Waals surface area contributed by atoms with E-state index in [0.29, 0.717) is 22.8 Å². The number of furan rings is 1. The molecule has 0 unspecified atom stereocenters. The fraction of sp³-hybridized carbons (Fsp3) is 0.211. The summed E-state index contributed by atoms with van der Waals surface area (Å²) < 4.78 is 21.9. The normalized spacial score (nSPS) is 12.6. The summed E-state index contributed by atoms with van der Waals surface area (Å²) in [5.74, 6) is 0.978. The lowest BCUT2D eigenvalue weighted by atomic mass is 10.2. The van der Waals surface area contributed by atoms with Gasteiger partial charge < -0.3 is 18.3 Å². The first kappa shape index (κ1) is 18.6. The maximum Gasteiger partial charge on any atom is 0.343 e. The van der Waals surface area contributed by atoms with Crippen LogP contribution in [0.15, 0.2) is 71.2 Å². The molecule has 0 bridgehead atoms. The van der Waals surface area contributed by atoms with Gasteiger partial charge in [0.25, 0.3) is 0 Å². The van der Waals surface area contributed by atoms with E-state index >= 15 is 0 Å². The van der Waals surface area contributed by atoms with Crippen LogP contribution in [-0.2, 0) is 13.9 Å². The second-order valence-electron chi connectivity index (χ2n) is 6.20. The van der Waals surface area contributed by atoms with E-state index < -0.39 is 14.3 Å². The average molecular weight is 358 g/mol. The highest BCUT2D eigenvalue weighted by Crippen LogP contribution is 2.21. The monoisotopic (exact) mass is 358 g/mol. The van der Waals surface area contributed by atoms with Gasteiger partial charge >= 0.3 is 5.97 Å². The Balaban J connectivity index is 2.24. The highest BCUT2D eigenvalue weighted by Gasteiger charge is 2.19. The lowest BCUT2D eigenvalue weighted by molar-refractivity contribution is 0.0654. The summed E-state index contributed by atoms with van der Waals surface area (Å²) in [6.07, 6.45) is 4.51. The zero-order valence-electron chi connectivity index (χ0n) is 14.8. The summed E-state index contributed by atoms with van der Waals surface area (Å²) in [6, 6.07) is 12.3. The Morgan fingerprint density at radius 1 is 1.08 bits per heavy atom. The van der Waals surface area contributed by atoms with E-state index in [9.17, 15) is 4.79 Å². The molecule has 0 amide bonds. The third kappa shape index (κ3) is 6.00. The molecule has 2 rings (SSSR count). The maximum absolute atomic E-state index is 12.1. The van der Waals surface area contributed by atoms with Crippen LogP contribution in [0, 0.1) is 0 Å². The van der Waals surface area contributed by atoms with Crippen molar-refractivity contribution in [3.05, 3.63) is 78.1 Å². The van der Waals surface area contributed by atoms with E-state index in [0.717, 1.165) is 0 Å². The van der Waals surface area contributed by atoms with Crippen LogP contribution in [0.25, 0.3) is 5.76 Å². The number of methoxy groups -OCH3 is 1. The van der Waals surface area contributed by atoms with E-state index in [-0.39, 0.29) is 0 Å². The molecule has 0 spiro atoms. The van der Waals surface area contributed by atoms with Crippen LogP contribution in [0.3, 0.4) is 0 Å². The number of carbonyl (C=O) groups is 1. The van der Waals surface area contributed by atoms with Gasteiger partial charge in [0, 0.05) is 6.08 Å². The lowest BCUT2D eigenvalue weighted by Gasteiger charge is -2.20. The molecule has 1 aromatic heterocycles. The molecular formula is C19H22O5Si. The van der Waals surface area contributed by atoms with Crippen molar-refractivity contribution in [2.75, 3.05) is 7.11 Å². The van der Waals surface area contributed by atoms with Crippen molar-refractivity contribution in [3.63, 3.8) is 0 Å². The molecule has 0 radical (unpaired) electrons. The smallest absolute Gasteiger partial charge is 0.343 e. The largest absolute Gasteiger partial charge is 0.542 e. The Hall–Kier alpha value is -2.73. The standard InChI is InChI=1S/C19H22O5Si/c1-21-18(17-11-8-12-22-17)13-16(24-25(2,3)4)14-23-19(20)15-9-6-5-7-10-15/h5-14H,1-4H3/b16-14-,18-13-. The SMILES string of the molecule is CO/C(=C\C(=C\OC(=O)c1ccccc1)O[Si](C)(C)C)c1ccco1. The zero-order valence-corrected chi connectivity index (χ0v) is 15.8. The number of hydrogen-bond acceptors (Lipinski definition) is 5. The van der Waals surface area contributed by atoms with E-state index in [1.54, 1.807) is 48.7 Å². The van der Waals surface area contributed by atoms with Gasteiger partial charge in [-0.25, -0.2) is 4.79 Å². The topological polar surface area (TPSA) is 57.9 Å². The summed E-state index contributed by atoms with van der Waals surface area (Å²) in [6.45, 7) is 6.10. The summed E-state index contributed by atoms with van der Waals surface area (Å²) in [7, 11) is -0.388. The van der Waals surface area contributed by atoms with Gasteiger partial charge in [0.1, 0.15) is 12.0 Å². The number of ether oxygens (including phenoxy) is 2. The molecule has 2 aromatic rings. The van der Waals surface area contributed by atoms with Crippen molar-refractivity contribution in [3.8, 4) is 0 Å². The fourth-order valence-electron chi connectivity index (χ4n) is 1.97. The van der Waals surface area contributed by atoms with Crippen molar-refractivity contribution >= 4 is 20.0 Å². The Bertz CT molecular complexity index is 740. The highest BCUT2D eigenvalue weighted by atomic mass is 28.4. The first-order chi connectivity index (χ1) is 11.9. The number of carbonyl (C=O) groups excluding carboxylic acids is 1. The molecule has 5 nitrogen and oxygen atoms in total. The van der Waals surface area contributed by atoms with Crippen molar-refractivity contribution in [1.82, 2.24) is 0 Å². The summed E-state index contributed by atoms with van der Waals surface area (Å²) >= 11 is 0. The molecule has 0 atom stereocenters. The number of allylic oxidation sites excluding steroid dienone is 1. The predicted octanol–water partition coefficient (Wildman–Crippen LogP) is 4.82. The zero-order chi connectivity index (χ0) is 18.3. The van der Waals surface area contributed by atoms with Crippen LogP contribution >= 0.6 is 0 Å². The first-order valence-electron chi connectivity index (χ1n) is 7.84. The molecule has 0 fully saturated rings. The summed E-state index contributed by atoms with van der Waals surface area (Å²) in [4.78, 5) is 12.1. The van der Waals surface area contributed by atoms with Gasteiger partial charge in [0.15, 0.2) is 11.5 Å². The van der Waals surface area contributed by atoms with Crippen molar-refractivity contribution < 1.29 is 23.1 Å². The molecular weight excluding hydrogens is 336 g/mol. The van der Waals surface area contributed by atoms with Crippen LogP contribution in [-0.4, -0.2) is 21.4 Å². The third-order valence-electron chi connectivity index (χ3n) is 2.97. The Kier molecular flexibility index (Phi) is 6.24. The highest BCUT2D eigenvalue weighted by molar-refractivity contribution is 6.70. The second kappa shape index (κ2) is 8.39. The molecule has 0 aliphatic rings. The molecule has 25 heavy (non-hydrogen) atoms. The molecule has 1 aromatic carbocycles. The van der Waals surface area contributed by atoms with Crippen LogP contribution < -0.4 is 0 Å². The Labute approximate surface area is 148 Å². The Morgan fingerprint density at radius 3 is 2.36 bits per heavy atom. The minimum absolute atomic E-state index is 0.400. The first-order valence-corrected chi connectivity index (χ1v) is 11.2. The van der Waals surface area contributed by atoms with Crippen LogP contribution in [0.1, 0.15) is 16.1 Å². The average Bonchev–Trinajstić information content (AvgIpc) is 3.11.